The first kappa shape index (κ1) is 18.1. The molecule has 3 aromatic rings. The molecule has 11 heteroatoms. The predicted octanol–water partition coefficient (Wildman–Crippen LogP) is 3.27. The van der Waals surface area contributed by atoms with Crippen LogP contribution in [0.2, 0.25) is 5.15 Å². The summed E-state index contributed by atoms with van der Waals surface area (Å²) in [5.41, 5.74) is -1.45. The summed E-state index contributed by atoms with van der Waals surface area (Å²) in [4.78, 5) is 7.60. The van der Waals surface area contributed by atoms with Crippen LogP contribution in [0.25, 0.3) is 0 Å². The lowest BCUT2D eigenvalue weighted by atomic mass is 10.0. The summed E-state index contributed by atoms with van der Waals surface area (Å²) in [5, 5.41) is 17.5. The zero-order valence-electron chi connectivity index (χ0n) is 12.9. The van der Waals surface area contributed by atoms with E-state index in [1.54, 1.807) is 0 Å². The third-order valence-corrected chi connectivity index (χ3v) is 3.55. The molecular weight excluding hydrogens is 375 g/mol. The van der Waals surface area contributed by atoms with Crippen molar-refractivity contribution in [3.63, 3.8) is 0 Å². The van der Waals surface area contributed by atoms with Crippen molar-refractivity contribution in [2.75, 3.05) is 0 Å². The minimum Gasteiger partial charge on any atom is -0.437 e. The number of aromatic nitrogens is 5. The first-order valence-corrected chi connectivity index (χ1v) is 7.59. The molecule has 0 bridgehead atoms. The zero-order chi connectivity index (χ0) is 18.7. The lowest BCUT2D eigenvalue weighted by Crippen LogP contribution is -2.16. The molecule has 0 aliphatic rings. The van der Waals surface area contributed by atoms with Crippen molar-refractivity contribution in [3.05, 3.63) is 59.3 Å². The number of aliphatic hydroxyl groups excluding tert-OH is 1. The van der Waals surface area contributed by atoms with E-state index in [1.807, 2.05) is 0 Å². The Balaban J connectivity index is 1.89. The second kappa shape index (κ2) is 7.26. The lowest BCUT2D eigenvalue weighted by molar-refractivity contribution is -0.139. The summed E-state index contributed by atoms with van der Waals surface area (Å²) in [6, 6.07) is 3.59. The highest BCUT2D eigenvalue weighted by atomic mass is 35.5. The van der Waals surface area contributed by atoms with Crippen LogP contribution in [0.4, 0.5) is 13.2 Å². The van der Waals surface area contributed by atoms with Gasteiger partial charge in [-0.3, -0.25) is 0 Å². The Morgan fingerprint density at radius 2 is 2.04 bits per heavy atom. The fourth-order valence-corrected chi connectivity index (χ4v) is 2.27. The Hall–Kier alpha value is -2.72. The number of hydrogen-bond acceptors (Lipinski definition) is 6. The molecule has 1 unspecified atom stereocenters. The topological polar surface area (TPSA) is 86.0 Å². The van der Waals surface area contributed by atoms with Crippen LogP contribution >= 0.6 is 11.6 Å². The van der Waals surface area contributed by atoms with Gasteiger partial charge in [-0.15, -0.1) is 5.10 Å². The molecule has 0 saturated heterocycles. The summed E-state index contributed by atoms with van der Waals surface area (Å²) >= 11 is 5.64. The smallest absolute Gasteiger partial charge is 0.417 e. The first-order valence-electron chi connectivity index (χ1n) is 7.21. The van der Waals surface area contributed by atoms with Gasteiger partial charge in [-0.05, 0) is 12.1 Å². The SMILES string of the molecule is OC(Cn1ccnn1)c1cnc(Oc2ccc(Cl)nc2)cc1C(F)(F)F. The van der Waals surface area contributed by atoms with Crippen LogP contribution in [0, 0.1) is 0 Å². The van der Waals surface area contributed by atoms with Gasteiger partial charge in [0.25, 0.3) is 0 Å². The Kier molecular flexibility index (Phi) is 5.05. The van der Waals surface area contributed by atoms with Gasteiger partial charge in [0.1, 0.15) is 17.0 Å². The summed E-state index contributed by atoms with van der Waals surface area (Å²) in [6.45, 7) is -0.202. The number of hydrogen-bond donors (Lipinski definition) is 1. The van der Waals surface area contributed by atoms with Gasteiger partial charge >= 0.3 is 6.18 Å². The number of alkyl halides is 3. The molecule has 1 N–H and O–H groups in total. The molecular formula is C15H11ClF3N5O2. The Morgan fingerprint density at radius 1 is 1.23 bits per heavy atom. The molecule has 3 heterocycles. The summed E-state index contributed by atoms with van der Waals surface area (Å²) in [6.07, 6.45) is -1.24. The third-order valence-electron chi connectivity index (χ3n) is 3.33. The van der Waals surface area contributed by atoms with Crippen molar-refractivity contribution in [2.45, 2.75) is 18.8 Å². The maximum Gasteiger partial charge on any atom is 0.417 e. The normalized spacial score (nSPS) is 12.8. The van der Waals surface area contributed by atoms with Crippen molar-refractivity contribution >= 4 is 11.6 Å². The van der Waals surface area contributed by atoms with Crippen molar-refractivity contribution < 1.29 is 23.0 Å². The summed E-state index contributed by atoms with van der Waals surface area (Å²) in [5.74, 6) is -0.121. The van der Waals surface area contributed by atoms with Gasteiger partial charge < -0.3 is 9.84 Å². The highest BCUT2D eigenvalue weighted by Gasteiger charge is 2.36. The molecule has 0 spiro atoms. The monoisotopic (exact) mass is 385 g/mol. The van der Waals surface area contributed by atoms with Crippen molar-refractivity contribution in [3.8, 4) is 11.6 Å². The molecule has 136 valence electrons. The highest BCUT2D eigenvalue weighted by molar-refractivity contribution is 6.29. The second-order valence-corrected chi connectivity index (χ2v) is 5.55. The van der Waals surface area contributed by atoms with Crippen molar-refractivity contribution in [2.24, 2.45) is 0 Å². The molecule has 0 aliphatic carbocycles. The van der Waals surface area contributed by atoms with E-state index in [2.05, 4.69) is 20.3 Å². The van der Waals surface area contributed by atoms with E-state index >= 15 is 0 Å². The number of pyridine rings is 2. The maximum absolute atomic E-state index is 13.4. The van der Waals surface area contributed by atoms with E-state index in [4.69, 9.17) is 16.3 Å². The zero-order valence-corrected chi connectivity index (χ0v) is 13.7. The van der Waals surface area contributed by atoms with Crippen molar-refractivity contribution in [1.29, 1.82) is 0 Å². The minimum atomic E-state index is -4.71. The quantitative estimate of drug-likeness (QED) is 0.678. The molecule has 0 fully saturated rings. The largest absolute Gasteiger partial charge is 0.437 e. The van der Waals surface area contributed by atoms with Crippen LogP contribution < -0.4 is 4.74 Å². The van der Waals surface area contributed by atoms with Crippen LogP contribution in [0.1, 0.15) is 17.2 Å². The molecule has 0 aromatic carbocycles. The fourth-order valence-electron chi connectivity index (χ4n) is 2.16. The molecule has 26 heavy (non-hydrogen) atoms. The molecule has 0 radical (unpaired) electrons. The van der Waals surface area contributed by atoms with E-state index in [0.29, 0.717) is 6.07 Å². The van der Waals surface area contributed by atoms with E-state index in [-0.39, 0.29) is 23.3 Å². The third kappa shape index (κ3) is 4.27. The number of ether oxygens (including phenoxy) is 1. The van der Waals surface area contributed by atoms with Gasteiger partial charge in [0, 0.05) is 24.0 Å². The van der Waals surface area contributed by atoms with Crippen LogP contribution in [0.5, 0.6) is 11.6 Å². The van der Waals surface area contributed by atoms with E-state index in [1.165, 1.54) is 35.4 Å². The average molecular weight is 386 g/mol. The van der Waals surface area contributed by atoms with Crippen molar-refractivity contribution in [1.82, 2.24) is 25.0 Å². The number of aliphatic hydroxyl groups is 1. The number of nitrogens with zero attached hydrogens (tertiary/aromatic N) is 5. The van der Waals surface area contributed by atoms with Crippen LogP contribution in [0.3, 0.4) is 0 Å². The first-order chi connectivity index (χ1) is 12.3. The molecule has 0 amide bonds. The molecule has 3 rings (SSSR count). The fraction of sp³-hybridized carbons (Fsp3) is 0.200. The minimum absolute atomic E-state index is 0.172. The maximum atomic E-state index is 13.4. The van der Waals surface area contributed by atoms with Gasteiger partial charge in [0.2, 0.25) is 5.88 Å². The van der Waals surface area contributed by atoms with Gasteiger partial charge in [0.05, 0.1) is 24.5 Å². The Labute approximate surface area is 150 Å². The van der Waals surface area contributed by atoms with Crippen LogP contribution in [-0.2, 0) is 12.7 Å². The summed E-state index contributed by atoms with van der Waals surface area (Å²) in [7, 11) is 0. The molecule has 3 aromatic heterocycles. The van der Waals surface area contributed by atoms with E-state index < -0.39 is 23.4 Å². The summed E-state index contributed by atoms with van der Waals surface area (Å²) < 4.78 is 46.7. The molecule has 0 aliphatic heterocycles. The van der Waals surface area contributed by atoms with Crippen LogP contribution in [0.15, 0.2) is 43.0 Å². The predicted molar refractivity (Wildman–Crippen MR) is 83.5 cm³/mol. The molecule has 0 saturated carbocycles. The number of rotatable bonds is 5. The number of halogens is 4. The van der Waals surface area contributed by atoms with Gasteiger partial charge in [-0.25, -0.2) is 14.6 Å². The van der Waals surface area contributed by atoms with Gasteiger partial charge in [-0.2, -0.15) is 13.2 Å². The lowest BCUT2D eigenvalue weighted by Gasteiger charge is -2.18. The average Bonchev–Trinajstić information content (AvgIpc) is 3.09. The highest BCUT2D eigenvalue weighted by Crippen LogP contribution is 2.37. The Morgan fingerprint density at radius 3 is 2.65 bits per heavy atom. The molecule has 7 nitrogen and oxygen atoms in total. The molecule has 1 atom stereocenters. The van der Waals surface area contributed by atoms with E-state index in [0.717, 1.165) is 6.20 Å². The van der Waals surface area contributed by atoms with Crippen LogP contribution in [-0.4, -0.2) is 30.1 Å². The Bertz CT molecular complexity index is 872. The standard InChI is InChI=1S/C15H11ClF3N5O2/c16-13-2-1-9(6-20-13)26-14-5-11(15(17,18)19)10(7-21-14)12(25)8-24-4-3-22-23-24/h1-7,12,25H,8H2. The van der Waals surface area contributed by atoms with Gasteiger partial charge in [0.15, 0.2) is 0 Å². The second-order valence-electron chi connectivity index (χ2n) is 5.17. The van der Waals surface area contributed by atoms with E-state index in [9.17, 15) is 18.3 Å². The van der Waals surface area contributed by atoms with Gasteiger partial charge in [-0.1, -0.05) is 16.8 Å².